The third kappa shape index (κ3) is 27.9. The molecule has 0 radical (unpaired) electrons. The summed E-state index contributed by atoms with van der Waals surface area (Å²) in [6.45, 7) is 6.02. The van der Waals surface area contributed by atoms with E-state index in [1.54, 1.807) is 0 Å². The van der Waals surface area contributed by atoms with Crippen molar-refractivity contribution in [1.29, 1.82) is 0 Å². The number of hydrogen-bond donors (Lipinski definition) is 3. The highest BCUT2D eigenvalue weighted by molar-refractivity contribution is 5.81. The van der Waals surface area contributed by atoms with Gasteiger partial charge in [-0.3, -0.25) is 9.59 Å². The smallest absolute Gasteiger partial charge is 0.278 e. The molecule has 0 aliphatic heterocycles. The molecule has 0 saturated carbocycles. The van der Waals surface area contributed by atoms with Gasteiger partial charge in [-0.05, 0) is 12.8 Å². The second-order valence-corrected chi connectivity index (χ2v) is 11.7. The van der Waals surface area contributed by atoms with E-state index < -0.39 is 0 Å². The quantitative estimate of drug-likeness (QED) is 0.0809. The van der Waals surface area contributed by atoms with E-state index in [2.05, 4.69) is 30.2 Å². The second-order valence-electron chi connectivity index (χ2n) is 11.7. The van der Waals surface area contributed by atoms with Crippen molar-refractivity contribution in [3.8, 4) is 0 Å². The molecule has 0 aliphatic rings. The predicted octanol–water partition coefficient (Wildman–Crippen LogP) is 8.01. The second kappa shape index (κ2) is 30.4. The van der Waals surface area contributed by atoms with Gasteiger partial charge in [-0.1, -0.05) is 155 Å². The van der Waals surface area contributed by atoms with Crippen LogP contribution in [0.4, 0.5) is 0 Å². The Morgan fingerprint density at radius 2 is 0.816 bits per heavy atom. The van der Waals surface area contributed by atoms with Crippen LogP contribution in [0.1, 0.15) is 181 Å². The van der Waals surface area contributed by atoms with Gasteiger partial charge < -0.3 is 16.4 Å². The van der Waals surface area contributed by atoms with Crippen molar-refractivity contribution in [2.75, 3.05) is 13.1 Å². The maximum Gasteiger partial charge on any atom is 0.278 e. The largest absolute Gasteiger partial charge is 0.356 e. The van der Waals surface area contributed by atoms with E-state index in [4.69, 9.17) is 0 Å². The fourth-order valence-corrected chi connectivity index (χ4v) is 5.04. The molecule has 5 nitrogen and oxygen atoms in total. The van der Waals surface area contributed by atoms with Crippen molar-refractivity contribution < 1.29 is 15.3 Å². The van der Waals surface area contributed by atoms with E-state index >= 15 is 0 Å². The molecule has 0 fully saturated rings. The molecule has 5 heteroatoms. The van der Waals surface area contributed by atoms with Crippen LogP contribution in [0, 0.1) is 0 Å². The molecule has 1 unspecified atom stereocenters. The molecule has 38 heavy (non-hydrogen) atoms. The van der Waals surface area contributed by atoms with Crippen LogP contribution in [0.3, 0.4) is 0 Å². The Kier molecular flexibility index (Phi) is 29.6. The lowest BCUT2D eigenvalue weighted by molar-refractivity contribution is -0.404. The summed E-state index contributed by atoms with van der Waals surface area (Å²) in [4.78, 5) is 24.3. The first kappa shape index (κ1) is 36.9. The van der Waals surface area contributed by atoms with Crippen LogP contribution >= 0.6 is 0 Å². The number of nitrogens with one attached hydrogen (secondary N) is 2. The monoisotopic (exact) mass is 539 g/mol. The van der Waals surface area contributed by atoms with E-state index in [1.165, 1.54) is 141 Å². The van der Waals surface area contributed by atoms with Gasteiger partial charge in [0.15, 0.2) is 6.04 Å². The van der Waals surface area contributed by atoms with Crippen LogP contribution in [-0.4, -0.2) is 30.9 Å². The van der Waals surface area contributed by atoms with E-state index in [9.17, 15) is 9.59 Å². The summed E-state index contributed by atoms with van der Waals surface area (Å²) in [5.74, 6) is 0.0392. The Morgan fingerprint density at radius 1 is 0.500 bits per heavy atom. The molecule has 0 aromatic carbocycles. The van der Waals surface area contributed by atoms with E-state index in [0.717, 1.165) is 25.9 Å². The zero-order valence-corrected chi connectivity index (χ0v) is 25.9. The summed E-state index contributed by atoms with van der Waals surface area (Å²) in [6.07, 6.45) is 32.6. The standard InChI is InChI=1S/C33H67N3O2/c1-3-5-7-9-11-13-15-17-19-21-23-25-29-35-32(37)28-27-31(34)33(38)36-30-26-24-22-20-18-16-14-12-10-8-6-4-2/h31H,3-30,34H2,1-2H3,(H,35,37)(H,36,38)/p+1. The Hall–Kier alpha value is -1.10. The average molecular weight is 539 g/mol. The number of amides is 2. The molecule has 0 aliphatic carbocycles. The molecule has 0 spiro atoms. The lowest BCUT2D eigenvalue weighted by Crippen LogP contribution is -2.67. The van der Waals surface area contributed by atoms with Gasteiger partial charge in [0, 0.05) is 25.9 Å². The van der Waals surface area contributed by atoms with Gasteiger partial charge in [0.05, 0.1) is 0 Å². The van der Waals surface area contributed by atoms with Crippen molar-refractivity contribution >= 4 is 11.8 Å². The van der Waals surface area contributed by atoms with Crippen LogP contribution in [0.25, 0.3) is 0 Å². The number of quaternary nitrogens is 1. The SMILES string of the molecule is CCCCCCCCCCCCCCNC(=O)CCC([NH3+])C(=O)NCCCCCCCCCCCCCC. The van der Waals surface area contributed by atoms with Gasteiger partial charge in [0.25, 0.3) is 5.91 Å². The van der Waals surface area contributed by atoms with Gasteiger partial charge in [-0.15, -0.1) is 0 Å². The molecule has 0 bridgehead atoms. The third-order valence-electron chi connectivity index (χ3n) is 7.77. The fourth-order valence-electron chi connectivity index (χ4n) is 5.04. The minimum atomic E-state index is -0.343. The van der Waals surface area contributed by atoms with E-state index in [-0.39, 0.29) is 17.9 Å². The summed E-state index contributed by atoms with van der Waals surface area (Å²) in [5, 5.41) is 6.01. The molecular formula is C33H68N3O2+. The van der Waals surface area contributed by atoms with E-state index in [1.807, 2.05) is 0 Å². The number of rotatable bonds is 30. The van der Waals surface area contributed by atoms with Gasteiger partial charge >= 0.3 is 0 Å². The van der Waals surface area contributed by atoms with Crippen LogP contribution in [0.15, 0.2) is 0 Å². The maximum absolute atomic E-state index is 12.2. The summed E-state index contributed by atoms with van der Waals surface area (Å²) in [6, 6.07) is -0.343. The summed E-state index contributed by atoms with van der Waals surface area (Å²) < 4.78 is 0. The van der Waals surface area contributed by atoms with Gasteiger partial charge in [-0.2, -0.15) is 0 Å². The summed E-state index contributed by atoms with van der Waals surface area (Å²) in [7, 11) is 0. The van der Waals surface area contributed by atoms with Crippen LogP contribution in [-0.2, 0) is 9.59 Å². The van der Waals surface area contributed by atoms with Crippen LogP contribution in [0.2, 0.25) is 0 Å². The van der Waals surface area contributed by atoms with Crippen LogP contribution in [0.5, 0.6) is 0 Å². The van der Waals surface area contributed by atoms with Gasteiger partial charge in [-0.25, -0.2) is 0 Å². The molecule has 0 saturated heterocycles. The highest BCUT2D eigenvalue weighted by Crippen LogP contribution is 2.13. The van der Waals surface area contributed by atoms with Crippen molar-refractivity contribution in [2.24, 2.45) is 0 Å². The fraction of sp³-hybridized carbons (Fsp3) is 0.939. The lowest BCUT2D eigenvalue weighted by atomic mass is 10.1. The Balaban J connectivity index is 3.41. The number of hydrogen-bond acceptors (Lipinski definition) is 2. The Bertz CT molecular complexity index is 512. The van der Waals surface area contributed by atoms with Crippen LogP contribution < -0.4 is 16.4 Å². The predicted molar refractivity (Wildman–Crippen MR) is 164 cm³/mol. The minimum absolute atomic E-state index is 0.0122. The average Bonchev–Trinajstić information content (AvgIpc) is 2.92. The highest BCUT2D eigenvalue weighted by atomic mass is 16.2. The summed E-state index contributed by atoms with van der Waals surface area (Å²) in [5.41, 5.74) is 3.97. The normalized spacial score (nSPS) is 12.0. The third-order valence-corrected chi connectivity index (χ3v) is 7.77. The van der Waals surface area contributed by atoms with E-state index in [0.29, 0.717) is 12.8 Å². The zero-order valence-electron chi connectivity index (χ0n) is 25.9. The molecule has 0 aromatic rings. The number of carbonyl (C=O) groups is 2. The summed E-state index contributed by atoms with van der Waals surface area (Å²) >= 11 is 0. The molecular weight excluding hydrogens is 470 g/mol. The molecule has 226 valence electrons. The molecule has 2 amide bonds. The first-order valence-corrected chi connectivity index (χ1v) is 17.0. The van der Waals surface area contributed by atoms with Gasteiger partial charge in [0.1, 0.15) is 0 Å². The topological polar surface area (TPSA) is 85.8 Å². The maximum atomic E-state index is 12.2. The number of carbonyl (C=O) groups excluding carboxylic acids is 2. The molecule has 5 N–H and O–H groups in total. The Labute approximate surface area is 237 Å². The van der Waals surface area contributed by atoms with Crippen molar-refractivity contribution in [3.63, 3.8) is 0 Å². The van der Waals surface area contributed by atoms with Crippen molar-refractivity contribution in [3.05, 3.63) is 0 Å². The Morgan fingerprint density at radius 3 is 1.18 bits per heavy atom. The van der Waals surface area contributed by atoms with Gasteiger partial charge in [0.2, 0.25) is 5.91 Å². The molecule has 0 rings (SSSR count). The van der Waals surface area contributed by atoms with Crippen molar-refractivity contribution in [2.45, 2.75) is 187 Å². The first-order valence-electron chi connectivity index (χ1n) is 17.0. The minimum Gasteiger partial charge on any atom is -0.356 e. The first-order chi connectivity index (χ1) is 18.6. The molecule has 0 aromatic heterocycles. The molecule has 1 atom stereocenters. The molecule has 0 heterocycles. The number of unbranched alkanes of at least 4 members (excludes halogenated alkanes) is 22. The highest BCUT2D eigenvalue weighted by Gasteiger charge is 2.17. The zero-order chi connectivity index (χ0) is 27.9. The lowest BCUT2D eigenvalue weighted by Gasteiger charge is -2.10. The van der Waals surface area contributed by atoms with Crippen molar-refractivity contribution in [1.82, 2.24) is 10.6 Å².